The lowest BCUT2D eigenvalue weighted by Gasteiger charge is -2.14. The molecule has 0 aliphatic heterocycles. The number of rotatable bonds is 16. The fourth-order valence-electron chi connectivity index (χ4n) is 2.78. The van der Waals surface area contributed by atoms with E-state index in [2.05, 4.69) is 13.8 Å². The predicted molar refractivity (Wildman–Crippen MR) is 102 cm³/mol. The minimum atomic E-state index is -0.205. The third-order valence-electron chi connectivity index (χ3n) is 4.36. The van der Waals surface area contributed by atoms with Crippen LogP contribution in [-0.4, -0.2) is 24.1 Å². The van der Waals surface area contributed by atoms with Crippen molar-refractivity contribution in [2.45, 2.75) is 123 Å². The monoisotopic (exact) mass is 356 g/mol. The number of unbranched alkanes of at least 4 members (excludes halogenated alkanes) is 6. The van der Waals surface area contributed by atoms with E-state index < -0.39 is 0 Å². The van der Waals surface area contributed by atoms with Crippen LogP contribution in [0.3, 0.4) is 0 Å². The molecule has 2 atom stereocenters. The van der Waals surface area contributed by atoms with Crippen LogP contribution >= 0.6 is 0 Å². The van der Waals surface area contributed by atoms with Crippen molar-refractivity contribution < 1.29 is 19.1 Å². The maximum absolute atomic E-state index is 11.8. The SMILES string of the molecule is CCCCCCC(C)OC(=O)CCCC(=O)OC(C)CCCCCC. The van der Waals surface area contributed by atoms with Crippen LogP contribution in [0.1, 0.15) is 111 Å². The summed E-state index contributed by atoms with van der Waals surface area (Å²) in [6.07, 6.45) is 12.4. The molecule has 25 heavy (non-hydrogen) atoms. The Hall–Kier alpha value is -1.06. The molecule has 0 aliphatic carbocycles. The quantitative estimate of drug-likeness (QED) is 0.253. The largest absolute Gasteiger partial charge is 0.463 e. The van der Waals surface area contributed by atoms with Gasteiger partial charge in [-0.1, -0.05) is 52.4 Å². The molecule has 0 fully saturated rings. The highest BCUT2D eigenvalue weighted by atomic mass is 16.5. The first kappa shape index (κ1) is 23.9. The van der Waals surface area contributed by atoms with Crippen LogP contribution in [0.15, 0.2) is 0 Å². The smallest absolute Gasteiger partial charge is 0.306 e. The minimum absolute atomic E-state index is 0.0283. The Morgan fingerprint density at radius 3 is 1.40 bits per heavy atom. The Labute approximate surface area is 155 Å². The topological polar surface area (TPSA) is 52.6 Å². The second kappa shape index (κ2) is 16.4. The average Bonchev–Trinajstić information content (AvgIpc) is 2.55. The zero-order valence-electron chi connectivity index (χ0n) is 17.0. The van der Waals surface area contributed by atoms with E-state index in [1.54, 1.807) is 0 Å². The molecule has 0 rings (SSSR count). The van der Waals surface area contributed by atoms with Crippen LogP contribution in [0, 0.1) is 0 Å². The molecule has 2 unspecified atom stereocenters. The van der Waals surface area contributed by atoms with E-state index in [4.69, 9.17) is 9.47 Å². The predicted octanol–water partition coefficient (Wildman–Crippen LogP) is 5.96. The van der Waals surface area contributed by atoms with Crippen LogP contribution in [-0.2, 0) is 19.1 Å². The van der Waals surface area contributed by atoms with Crippen LogP contribution in [0.4, 0.5) is 0 Å². The van der Waals surface area contributed by atoms with Gasteiger partial charge in [-0.05, 0) is 46.0 Å². The Morgan fingerprint density at radius 2 is 1.04 bits per heavy atom. The first-order valence-electron chi connectivity index (χ1n) is 10.4. The molecular formula is C21H40O4. The molecule has 0 aliphatic rings. The summed E-state index contributed by atoms with van der Waals surface area (Å²) < 4.78 is 10.8. The van der Waals surface area contributed by atoms with Gasteiger partial charge in [-0.15, -0.1) is 0 Å². The van der Waals surface area contributed by atoms with Gasteiger partial charge < -0.3 is 9.47 Å². The Balaban J connectivity index is 3.66. The number of ether oxygens (including phenoxy) is 2. The van der Waals surface area contributed by atoms with Gasteiger partial charge in [-0.25, -0.2) is 0 Å². The van der Waals surface area contributed by atoms with Crippen molar-refractivity contribution in [1.29, 1.82) is 0 Å². The second-order valence-corrected chi connectivity index (χ2v) is 7.15. The standard InChI is InChI=1S/C21H40O4/c1-5-7-9-11-14-18(3)24-20(22)16-13-17-21(23)25-19(4)15-12-10-8-6-2/h18-19H,5-17H2,1-4H3. The zero-order valence-corrected chi connectivity index (χ0v) is 17.0. The summed E-state index contributed by atoms with van der Waals surface area (Å²) in [5, 5.41) is 0. The molecule has 0 bridgehead atoms. The Kier molecular flexibility index (Phi) is 15.7. The molecule has 0 aromatic carbocycles. The van der Waals surface area contributed by atoms with Crippen molar-refractivity contribution in [3.8, 4) is 0 Å². The number of hydrogen-bond donors (Lipinski definition) is 0. The summed E-state index contributed by atoms with van der Waals surface area (Å²) in [4.78, 5) is 23.5. The van der Waals surface area contributed by atoms with E-state index >= 15 is 0 Å². The van der Waals surface area contributed by atoms with Crippen molar-refractivity contribution in [2.24, 2.45) is 0 Å². The zero-order chi connectivity index (χ0) is 18.9. The lowest BCUT2D eigenvalue weighted by Crippen LogP contribution is -2.17. The van der Waals surface area contributed by atoms with Crippen molar-refractivity contribution in [3.63, 3.8) is 0 Å². The van der Waals surface area contributed by atoms with Gasteiger partial charge in [0, 0.05) is 12.8 Å². The van der Waals surface area contributed by atoms with Gasteiger partial charge in [-0.3, -0.25) is 9.59 Å². The summed E-state index contributed by atoms with van der Waals surface area (Å²) in [5.74, 6) is -0.410. The number of carbonyl (C=O) groups excluding carboxylic acids is 2. The summed E-state index contributed by atoms with van der Waals surface area (Å²) >= 11 is 0. The first-order chi connectivity index (χ1) is 12.0. The van der Waals surface area contributed by atoms with Crippen molar-refractivity contribution in [2.75, 3.05) is 0 Å². The summed E-state index contributed by atoms with van der Waals surface area (Å²) in [5.41, 5.74) is 0. The van der Waals surface area contributed by atoms with E-state index in [1.807, 2.05) is 13.8 Å². The highest BCUT2D eigenvalue weighted by Gasteiger charge is 2.13. The van der Waals surface area contributed by atoms with Crippen LogP contribution < -0.4 is 0 Å². The molecule has 0 amide bonds. The Morgan fingerprint density at radius 1 is 0.640 bits per heavy atom. The van der Waals surface area contributed by atoms with Gasteiger partial charge >= 0.3 is 11.9 Å². The molecule has 0 saturated heterocycles. The highest BCUT2D eigenvalue weighted by molar-refractivity contribution is 5.72. The van der Waals surface area contributed by atoms with E-state index in [0.29, 0.717) is 19.3 Å². The van der Waals surface area contributed by atoms with Gasteiger partial charge in [0.15, 0.2) is 0 Å². The van der Waals surface area contributed by atoms with Crippen LogP contribution in [0.2, 0.25) is 0 Å². The summed E-state index contributed by atoms with van der Waals surface area (Å²) in [7, 11) is 0. The maximum Gasteiger partial charge on any atom is 0.306 e. The van der Waals surface area contributed by atoms with Gasteiger partial charge in [0.2, 0.25) is 0 Å². The van der Waals surface area contributed by atoms with E-state index in [0.717, 1.165) is 25.7 Å². The fourth-order valence-corrected chi connectivity index (χ4v) is 2.78. The lowest BCUT2D eigenvalue weighted by molar-refractivity contribution is -0.150. The van der Waals surface area contributed by atoms with E-state index in [1.165, 1.54) is 38.5 Å². The van der Waals surface area contributed by atoms with Gasteiger partial charge in [0.1, 0.15) is 0 Å². The van der Waals surface area contributed by atoms with Crippen LogP contribution in [0.25, 0.3) is 0 Å². The molecular weight excluding hydrogens is 316 g/mol. The molecule has 0 aromatic heterocycles. The minimum Gasteiger partial charge on any atom is -0.463 e. The van der Waals surface area contributed by atoms with E-state index in [-0.39, 0.29) is 24.1 Å². The molecule has 0 heterocycles. The third kappa shape index (κ3) is 16.2. The molecule has 0 N–H and O–H groups in total. The van der Waals surface area contributed by atoms with Gasteiger partial charge in [-0.2, -0.15) is 0 Å². The molecule has 0 aromatic rings. The van der Waals surface area contributed by atoms with Gasteiger partial charge in [0.05, 0.1) is 12.2 Å². The number of hydrogen-bond acceptors (Lipinski definition) is 4. The number of carbonyl (C=O) groups is 2. The van der Waals surface area contributed by atoms with Crippen LogP contribution in [0.5, 0.6) is 0 Å². The van der Waals surface area contributed by atoms with E-state index in [9.17, 15) is 9.59 Å². The molecule has 148 valence electrons. The third-order valence-corrected chi connectivity index (χ3v) is 4.36. The maximum atomic E-state index is 11.8. The summed E-state index contributed by atoms with van der Waals surface area (Å²) in [6.45, 7) is 8.25. The summed E-state index contributed by atoms with van der Waals surface area (Å²) in [6, 6.07) is 0. The molecule has 0 radical (unpaired) electrons. The first-order valence-corrected chi connectivity index (χ1v) is 10.4. The average molecular weight is 357 g/mol. The highest BCUT2D eigenvalue weighted by Crippen LogP contribution is 2.11. The van der Waals surface area contributed by atoms with Crippen molar-refractivity contribution in [1.82, 2.24) is 0 Å². The van der Waals surface area contributed by atoms with Gasteiger partial charge in [0.25, 0.3) is 0 Å². The normalized spacial score (nSPS) is 13.3. The molecule has 4 heteroatoms. The lowest BCUT2D eigenvalue weighted by atomic mass is 10.1. The molecule has 0 saturated carbocycles. The Bertz CT molecular complexity index is 309. The number of esters is 2. The van der Waals surface area contributed by atoms with Crippen molar-refractivity contribution in [3.05, 3.63) is 0 Å². The second-order valence-electron chi connectivity index (χ2n) is 7.15. The fraction of sp³-hybridized carbons (Fsp3) is 0.905. The molecule has 4 nitrogen and oxygen atoms in total. The molecule has 0 spiro atoms. The van der Waals surface area contributed by atoms with Crippen molar-refractivity contribution >= 4 is 11.9 Å².